The maximum absolute atomic E-state index is 9.46. The van der Waals surface area contributed by atoms with Crippen molar-refractivity contribution in [1.82, 2.24) is 0 Å². The first kappa shape index (κ1) is 9.85. The van der Waals surface area contributed by atoms with E-state index in [0.29, 0.717) is 16.5 Å². The zero-order valence-electron chi connectivity index (χ0n) is 6.72. The van der Waals surface area contributed by atoms with E-state index in [2.05, 4.69) is 0 Å². The van der Waals surface area contributed by atoms with Gasteiger partial charge in [0.25, 0.3) is 0 Å². The normalized spacial score (nSPS) is 13.0. The van der Waals surface area contributed by atoms with Gasteiger partial charge in [0.1, 0.15) is 0 Å². The van der Waals surface area contributed by atoms with Gasteiger partial charge >= 0.3 is 0 Å². The molecule has 1 nitrogen and oxygen atoms in total. The summed E-state index contributed by atoms with van der Waals surface area (Å²) in [5.74, 6) is 0. The van der Waals surface area contributed by atoms with Crippen molar-refractivity contribution >= 4 is 23.2 Å². The number of rotatable bonds is 2. The van der Waals surface area contributed by atoms with Crippen LogP contribution in [0.2, 0.25) is 10.0 Å². The van der Waals surface area contributed by atoms with Crippen molar-refractivity contribution in [2.45, 2.75) is 19.4 Å². The van der Waals surface area contributed by atoms with Gasteiger partial charge in [-0.15, -0.1) is 0 Å². The minimum atomic E-state index is -0.471. The van der Waals surface area contributed by atoms with E-state index in [4.69, 9.17) is 23.2 Å². The summed E-state index contributed by atoms with van der Waals surface area (Å²) < 4.78 is 0. The van der Waals surface area contributed by atoms with Crippen LogP contribution < -0.4 is 0 Å². The molecule has 0 saturated heterocycles. The smallest absolute Gasteiger partial charge is 0.0788 e. The third kappa shape index (κ3) is 2.37. The molecule has 1 rings (SSSR count). The first-order valence-electron chi connectivity index (χ1n) is 3.77. The molecule has 0 aromatic heterocycles. The highest BCUT2D eigenvalue weighted by Crippen LogP contribution is 2.24. The Kier molecular flexibility index (Phi) is 3.39. The molecule has 12 heavy (non-hydrogen) atoms. The van der Waals surface area contributed by atoms with Gasteiger partial charge in [-0.1, -0.05) is 30.1 Å². The summed E-state index contributed by atoms with van der Waals surface area (Å²) in [5.41, 5.74) is 0.773. The van der Waals surface area contributed by atoms with Gasteiger partial charge < -0.3 is 5.11 Å². The quantitative estimate of drug-likeness (QED) is 0.783. The molecule has 1 N–H and O–H groups in total. The van der Waals surface area contributed by atoms with Gasteiger partial charge in [0.2, 0.25) is 0 Å². The number of hydrogen-bond donors (Lipinski definition) is 1. The molecule has 0 aliphatic heterocycles. The fourth-order valence-electron chi connectivity index (χ4n) is 1.00. The van der Waals surface area contributed by atoms with E-state index >= 15 is 0 Å². The zero-order valence-corrected chi connectivity index (χ0v) is 8.23. The number of halogens is 2. The predicted molar refractivity (Wildman–Crippen MR) is 51.7 cm³/mol. The van der Waals surface area contributed by atoms with Crippen molar-refractivity contribution < 1.29 is 5.11 Å². The van der Waals surface area contributed by atoms with Crippen molar-refractivity contribution in [2.75, 3.05) is 0 Å². The average Bonchev–Trinajstić information content (AvgIpc) is 2.01. The third-order valence-electron chi connectivity index (χ3n) is 1.66. The van der Waals surface area contributed by atoms with E-state index in [1.807, 2.05) is 6.92 Å². The molecule has 66 valence electrons. The average molecular weight is 205 g/mol. The highest BCUT2D eigenvalue weighted by molar-refractivity contribution is 6.34. The fourth-order valence-corrected chi connectivity index (χ4v) is 1.55. The van der Waals surface area contributed by atoms with E-state index in [1.54, 1.807) is 18.2 Å². The molecule has 3 heteroatoms. The Labute approximate surface area is 81.9 Å². The highest BCUT2D eigenvalue weighted by atomic mass is 35.5. The Bertz CT molecular complexity index is 253. The molecule has 0 radical (unpaired) electrons. The molecule has 0 saturated carbocycles. The molecule has 0 unspecified atom stereocenters. The lowest BCUT2D eigenvalue weighted by Crippen LogP contribution is -1.94. The van der Waals surface area contributed by atoms with E-state index in [9.17, 15) is 5.11 Å². The van der Waals surface area contributed by atoms with Crippen molar-refractivity contribution in [3.63, 3.8) is 0 Å². The van der Waals surface area contributed by atoms with Crippen molar-refractivity contribution in [1.29, 1.82) is 0 Å². The lowest BCUT2D eigenvalue weighted by molar-refractivity contribution is 0.173. The fraction of sp³-hybridized carbons (Fsp3) is 0.333. The van der Waals surface area contributed by atoms with Crippen LogP contribution in [0.3, 0.4) is 0 Å². The summed E-state index contributed by atoms with van der Waals surface area (Å²) in [7, 11) is 0. The van der Waals surface area contributed by atoms with Gasteiger partial charge in [-0.2, -0.15) is 0 Å². The standard InChI is InChI=1S/C9H10Cl2O/c1-2-9(12)6-3-7(10)5-8(11)4-6/h3-5,9,12H,2H2,1H3/t9-/m1/s1. The second kappa shape index (κ2) is 4.13. The first-order valence-corrected chi connectivity index (χ1v) is 4.53. The maximum atomic E-state index is 9.46. The summed E-state index contributed by atoms with van der Waals surface area (Å²) in [4.78, 5) is 0. The van der Waals surface area contributed by atoms with Crippen LogP contribution in [-0.2, 0) is 0 Å². The van der Waals surface area contributed by atoms with E-state index in [-0.39, 0.29) is 0 Å². The Balaban J connectivity index is 3.00. The Morgan fingerprint density at radius 3 is 2.17 bits per heavy atom. The van der Waals surface area contributed by atoms with E-state index < -0.39 is 6.10 Å². The van der Waals surface area contributed by atoms with Crippen LogP contribution in [0.5, 0.6) is 0 Å². The Morgan fingerprint density at radius 1 is 1.25 bits per heavy atom. The predicted octanol–water partition coefficient (Wildman–Crippen LogP) is 3.44. The van der Waals surface area contributed by atoms with Crippen LogP contribution in [-0.4, -0.2) is 5.11 Å². The Hall–Kier alpha value is -0.240. The van der Waals surface area contributed by atoms with Gasteiger partial charge in [0.05, 0.1) is 6.10 Å². The molecule has 0 amide bonds. The van der Waals surface area contributed by atoms with Crippen molar-refractivity contribution in [2.24, 2.45) is 0 Å². The molecule has 0 aliphatic rings. The molecule has 1 atom stereocenters. The molecular weight excluding hydrogens is 195 g/mol. The highest BCUT2D eigenvalue weighted by Gasteiger charge is 2.06. The monoisotopic (exact) mass is 204 g/mol. The molecule has 1 aromatic rings. The topological polar surface area (TPSA) is 20.2 Å². The molecule has 0 bridgehead atoms. The largest absolute Gasteiger partial charge is 0.388 e. The molecule has 1 aromatic carbocycles. The van der Waals surface area contributed by atoms with Crippen LogP contribution in [0.1, 0.15) is 25.0 Å². The second-order valence-corrected chi connectivity index (χ2v) is 3.50. The SMILES string of the molecule is CC[C@@H](O)c1cc(Cl)cc(Cl)c1. The summed E-state index contributed by atoms with van der Waals surface area (Å²) >= 11 is 11.5. The van der Waals surface area contributed by atoms with Gasteiger partial charge in [-0.05, 0) is 30.2 Å². The van der Waals surface area contributed by atoms with Crippen molar-refractivity contribution in [3.05, 3.63) is 33.8 Å². The van der Waals surface area contributed by atoms with Gasteiger partial charge in [0.15, 0.2) is 0 Å². The lowest BCUT2D eigenvalue weighted by Gasteiger charge is -2.08. The second-order valence-electron chi connectivity index (χ2n) is 2.63. The summed E-state index contributed by atoms with van der Waals surface area (Å²) in [6, 6.07) is 5.10. The van der Waals surface area contributed by atoms with Crippen molar-refractivity contribution in [3.8, 4) is 0 Å². The maximum Gasteiger partial charge on any atom is 0.0788 e. The molecule has 0 aliphatic carbocycles. The summed E-state index contributed by atoms with van der Waals surface area (Å²) in [5, 5.41) is 10.6. The van der Waals surface area contributed by atoms with Crippen LogP contribution >= 0.6 is 23.2 Å². The zero-order chi connectivity index (χ0) is 9.14. The number of aliphatic hydroxyl groups excluding tert-OH is 1. The van der Waals surface area contributed by atoms with Crippen LogP contribution in [0, 0.1) is 0 Å². The number of aliphatic hydroxyl groups is 1. The summed E-state index contributed by atoms with van der Waals surface area (Å²) in [6.45, 7) is 1.90. The number of hydrogen-bond acceptors (Lipinski definition) is 1. The van der Waals surface area contributed by atoms with Gasteiger partial charge in [-0.25, -0.2) is 0 Å². The van der Waals surface area contributed by atoms with E-state index in [1.165, 1.54) is 0 Å². The minimum Gasteiger partial charge on any atom is -0.388 e. The van der Waals surface area contributed by atoms with Crippen LogP contribution in [0.4, 0.5) is 0 Å². The van der Waals surface area contributed by atoms with Crippen LogP contribution in [0.25, 0.3) is 0 Å². The first-order chi connectivity index (χ1) is 5.63. The third-order valence-corrected chi connectivity index (χ3v) is 2.09. The van der Waals surface area contributed by atoms with E-state index in [0.717, 1.165) is 5.56 Å². The molecule has 0 spiro atoms. The number of benzene rings is 1. The Morgan fingerprint density at radius 2 is 1.75 bits per heavy atom. The lowest BCUT2D eigenvalue weighted by atomic mass is 10.1. The molecule has 0 heterocycles. The van der Waals surface area contributed by atoms with Crippen LogP contribution in [0.15, 0.2) is 18.2 Å². The van der Waals surface area contributed by atoms with Gasteiger partial charge in [0, 0.05) is 10.0 Å². The van der Waals surface area contributed by atoms with Gasteiger partial charge in [-0.3, -0.25) is 0 Å². The summed E-state index contributed by atoms with van der Waals surface area (Å²) in [6.07, 6.45) is 0.192. The minimum absolute atomic E-state index is 0.471. The molecular formula is C9H10Cl2O. The molecule has 0 fully saturated rings.